The van der Waals surface area contributed by atoms with Crippen LogP contribution in [-0.4, -0.2) is 20.9 Å². The van der Waals surface area contributed by atoms with Gasteiger partial charge in [0.05, 0.1) is 11.4 Å². The van der Waals surface area contributed by atoms with Crippen molar-refractivity contribution in [3.8, 4) is 5.69 Å². The van der Waals surface area contributed by atoms with Crippen LogP contribution in [0.25, 0.3) is 5.69 Å². The highest BCUT2D eigenvalue weighted by Crippen LogP contribution is 2.19. The Labute approximate surface area is 103 Å². The van der Waals surface area contributed by atoms with Crippen molar-refractivity contribution >= 4 is 17.6 Å². The van der Waals surface area contributed by atoms with E-state index in [9.17, 15) is 9.90 Å². The Morgan fingerprint density at radius 1 is 1.29 bits per heavy atom. The summed E-state index contributed by atoms with van der Waals surface area (Å²) in [6, 6.07) is 6.88. The molecule has 0 unspecified atom stereocenters. The number of hydrogen-bond donors (Lipinski definition) is 1. The average molecular weight is 251 g/mol. The largest absolute Gasteiger partial charge is 0.477 e. The fraction of sp³-hybridized carbons (Fsp3) is 0.167. The predicted octanol–water partition coefficient (Wildman–Crippen LogP) is 2.84. The highest BCUT2D eigenvalue weighted by molar-refractivity contribution is 6.30. The monoisotopic (exact) mass is 250 g/mol. The molecule has 0 spiro atoms. The van der Waals surface area contributed by atoms with Gasteiger partial charge in [-0.1, -0.05) is 11.6 Å². The van der Waals surface area contributed by atoms with Crippen LogP contribution in [0.1, 0.15) is 21.7 Å². The zero-order chi connectivity index (χ0) is 12.6. The second-order valence-electron chi connectivity index (χ2n) is 3.75. The summed E-state index contributed by atoms with van der Waals surface area (Å²) in [6.45, 7) is 3.53. The lowest BCUT2D eigenvalue weighted by Gasteiger charge is -2.04. The highest BCUT2D eigenvalue weighted by Gasteiger charge is 2.18. The summed E-state index contributed by atoms with van der Waals surface area (Å²) in [5.41, 5.74) is 2.25. The molecule has 0 amide bonds. The summed E-state index contributed by atoms with van der Waals surface area (Å²) in [6.07, 6.45) is 0. The van der Waals surface area contributed by atoms with Gasteiger partial charge in [-0.15, -0.1) is 0 Å². The molecule has 0 bridgehead atoms. The average Bonchev–Trinajstić information content (AvgIpc) is 2.56. The van der Waals surface area contributed by atoms with E-state index < -0.39 is 5.97 Å². The Balaban J connectivity index is 2.63. The van der Waals surface area contributed by atoms with Crippen LogP contribution in [0.2, 0.25) is 5.02 Å². The van der Waals surface area contributed by atoms with Crippen molar-refractivity contribution in [2.24, 2.45) is 0 Å². The van der Waals surface area contributed by atoms with Crippen LogP contribution >= 0.6 is 11.6 Å². The summed E-state index contributed by atoms with van der Waals surface area (Å²) >= 11 is 5.79. The molecule has 0 saturated heterocycles. The van der Waals surface area contributed by atoms with Crippen LogP contribution in [0.4, 0.5) is 0 Å². The van der Waals surface area contributed by atoms with Gasteiger partial charge in [-0.2, -0.15) is 5.10 Å². The minimum absolute atomic E-state index is 0.185. The third-order valence-electron chi connectivity index (χ3n) is 2.63. The SMILES string of the molecule is Cc1nn(-c2ccc(Cl)cc2)c(C(=O)O)c1C. The molecule has 4 nitrogen and oxygen atoms in total. The number of aromatic carboxylic acids is 1. The lowest BCUT2D eigenvalue weighted by Crippen LogP contribution is -2.09. The van der Waals surface area contributed by atoms with Gasteiger partial charge >= 0.3 is 5.97 Å². The summed E-state index contributed by atoms with van der Waals surface area (Å²) in [5, 5.41) is 14.0. The number of nitrogens with zero attached hydrogens (tertiary/aromatic N) is 2. The molecule has 0 saturated carbocycles. The summed E-state index contributed by atoms with van der Waals surface area (Å²) in [4.78, 5) is 11.2. The van der Waals surface area contributed by atoms with Gasteiger partial charge in [0.25, 0.3) is 0 Å². The first kappa shape index (κ1) is 11.7. The van der Waals surface area contributed by atoms with Crippen molar-refractivity contribution in [1.29, 1.82) is 0 Å². The van der Waals surface area contributed by atoms with Crippen LogP contribution in [0, 0.1) is 13.8 Å². The molecule has 17 heavy (non-hydrogen) atoms. The maximum absolute atomic E-state index is 11.2. The Morgan fingerprint density at radius 3 is 2.41 bits per heavy atom. The maximum Gasteiger partial charge on any atom is 0.354 e. The summed E-state index contributed by atoms with van der Waals surface area (Å²) in [5.74, 6) is -0.988. The fourth-order valence-corrected chi connectivity index (χ4v) is 1.75. The molecule has 0 aliphatic carbocycles. The van der Waals surface area contributed by atoms with E-state index in [2.05, 4.69) is 5.10 Å². The first-order chi connectivity index (χ1) is 8.00. The van der Waals surface area contributed by atoms with Gasteiger partial charge < -0.3 is 5.11 Å². The number of carboxylic acids is 1. The lowest BCUT2D eigenvalue weighted by atomic mass is 10.2. The smallest absolute Gasteiger partial charge is 0.354 e. The quantitative estimate of drug-likeness (QED) is 0.892. The molecule has 1 heterocycles. The number of aromatic nitrogens is 2. The van der Waals surface area contributed by atoms with Crippen molar-refractivity contribution < 1.29 is 9.90 Å². The predicted molar refractivity (Wildman–Crippen MR) is 65.0 cm³/mol. The van der Waals surface area contributed by atoms with E-state index >= 15 is 0 Å². The zero-order valence-corrected chi connectivity index (χ0v) is 10.2. The Kier molecular flexibility index (Phi) is 2.90. The molecule has 0 aliphatic heterocycles. The van der Waals surface area contributed by atoms with E-state index in [1.165, 1.54) is 4.68 Å². The van der Waals surface area contributed by atoms with Gasteiger partial charge in [-0.25, -0.2) is 9.48 Å². The lowest BCUT2D eigenvalue weighted by molar-refractivity contribution is 0.0686. The molecule has 2 rings (SSSR count). The third kappa shape index (κ3) is 2.03. The number of hydrogen-bond acceptors (Lipinski definition) is 2. The number of benzene rings is 1. The first-order valence-corrected chi connectivity index (χ1v) is 5.44. The molecule has 1 N–H and O–H groups in total. The number of carboxylic acid groups (broad SMARTS) is 1. The van der Waals surface area contributed by atoms with E-state index in [0.29, 0.717) is 22.0 Å². The molecule has 1 aromatic heterocycles. The summed E-state index contributed by atoms with van der Waals surface area (Å²) < 4.78 is 1.42. The standard InChI is InChI=1S/C12H11ClN2O2/c1-7-8(2)14-15(11(7)12(16)17)10-5-3-9(13)4-6-10/h3-6H,1-2H3,(H,16,17). The van der Waals surface area contributed by atoms with Crippen LogP contribution in [0.3, 0.4) is 0 Å². The van der Waals surface area contributed by atoms with Gasteiger partial charge in [0, 0.05) is 10.6 Å². The van der Waals surface area contributed by atoms with Crippen molar-refractivity contribution in [2.75, 3.05) is 0 Å². The number of aryl methyl sites for hydroxylation is 1. The normalized spacial score (nSPS) is 10.5. The van der Waals surface area contributed by atoms with Crippen LogP contribution < -0.4 is 0 Å². The van der Waals surface area contributed by atoms with Crippen molar-refractivity contribution in [3.63, 3.8) is 0 Å². The van der Waals surface area contributed by atoms with Crippen molar-refractivity contribution in [3.05, 3.63) is 46.2 Å². The number of halogens is 1. The Morgan fingerprint density at radius 2 is 1.88 bits per heavy atom. The first-order valence-electron chi connectivity index (χ1n) is 5.06. The molecule has 0 aliphatic rings. The maximum atomic E-state index is 11.2. The molecule has 88 valence electrons. The second-order valence-corrected chi connectivity index (χ2v) is 4.19. The van der Waals surface area contributed by atoms with Gasteiger partial charge in [-0.05, 0) is 38.1 Å². The molecule has 0 radical (unpaired) electrons. The molecule has 2 aromatic rings. The topological polar surface area (TPSA) is 55.1 Å². The van der Waals surface area contributed by atoms with Gasteiger partial charge in [0.2, 0.25) is 0 Å². The number of carbonyl (C=O) groups is 1. The molecule has 0 atom stereocenters. The highest BCUT2D eigenvalue weighted by atomic mass is 35.5. The van der Waals surface area contributed by atoms with E-state index in [0.717, 1.165) is 0 Å². The molecule has 1 aromatic carbocycles. The minimum Gasteiger partial charge on any atom is -0.477 e. The molecule has 0 fully saturated rings. The molecular formula is C12H11ClN2O2. The van der Waals surface area contributed by atoms with E-state index in [1.54, 1.807) is 38.1 Å². The van der Waals surface area contributed by atoms with E-state index in [-0.39, 0.29) is 5.69 Å². The third-order valence-corrected chi connectivity index (χ3v) is 2.89. The van der Waals surface area contributed by atoms with Crippen molar-refractivity contribution in [2.45, 2.75) is 13.8 Å². The number of rotatable bonds is 2. The van der Waals surface area contributed by atoms with E-state index in [4.69, 9.17) is 11.6 Å². The minimum atomic E-state index is -0.988. The Hall–Kier alpha value is -1.81. The van der Waals surface area contributed by atoms with Gasteiger partial charge in [-0.3, -0.25) is 0 Å². The summed E-state index contributed by atoms with van der Waals surface area (Å²) in [7, 11) is 0. The van der Waals surface area contributed by atoms with Crippen LogP contribution in [0.5, 0.6) is 0 Å². The van der Waals surface area contributed by atoms with Gasteiger partial charge in [0.1, 0.15) is 0 Å². The van der Waals surface area contributed by atoms with Crippen molar-refractivity contribution in [1.82, 2.24) is 9.78 Å². The fourth-order valence-electron chi connectivity index (χ4n) is 1.63. The molecular weight excluding hydrogens is 240 g/mol. The molecule has 5 heteroatoms. The van der Waals surface area contributed by atoms with Crippen LogP contribution in [0.15, 0.2) is 24.3 Å². The van der Waals surface area contributed by atoms with Crippen LogP contribution in [-0.2, 0) is 0 Å². The zero-order valence-electron chi connectivity index (χ0n) is 9.44. The second kappa shape index (κ2) is 4.22. The van der Waals surface area contributed by atoms with E-state index in [1.807, 2.05) is 0 Å². The van der Waals surface area contributed by atoms with Gasteiger partial charge in [0.15, 0.2) is 5.69 Å². The Bertz CT molecular complexity index is 573.